The van der Waals surface area contributed by atoms with Gasteiger partial charge in [-0.25, -0.2) is 0 Å². The molecular formula is C19H22ClNO. The van der Waals surface area contributed by atoms with Crippen LogP contribution in [0.1, 0.15) is 33.8 Å². The Morgan fingerprint density at radius 3 is 2.32 bits per heavy atom. The summed E-state index contributed by atoms with van der Waals surface area (Å²) in [4.78, 5) is 13.8. The Morgan fingerprint density at radius 2 is 1.68 bits per heavy atom. The van der Waals surface area contributed by atoms with Crippen molar-refractivity contribution >= 4 is 16.8 Å². The van der Waals surface area contributed by atoms with Crippen LogP contribution in [-0.4, -0.2) is 30.8 Å². The molecule has 1 unspecified atom stereocenters. The van der Waals surface area contributed by atoms with Crippen molar-refractivity contribution in [2.75, 3.05) is 20.6 Å². The fraction of sp³-hybridized carbons (Fsp3) is 0.316. The van der Waals surface area contributed by atoms with Crippen LogP contribution in [0, 0.1) is 0 Å². The molecule has 0 radical (unpaired) electrons. The fourth-order valence-corrected chi connectivity index (χ4v) is 2.87. The molecule has 2 aromatic carbocycles. The second-order valence-electron chi connectivity index (χ2n) is 5.83. The van der Waals surface area contributed by atoms with E-state index in [0.717, 1.165) is 24.9 Å². The third-order valence-electron chi connectivity index (χ3n) is 3.89. The molecule has 0 heterocycles. The minimum atomic E-state index is -0.380. The Kier molecular flexibility index (Phi) is 6.17. The maximum atomic E-state index is 11.6. The summed E-state index contributed by atoms with van der Waals surface area (Å²) in [5.41, 5.74) is 2.95. The van der Waals surface area contributed by atoms with Gasteiger partial charge in [0.1, 0.15) is 0 Å². The van der Waals surface area contributed by atoms with Crippen molar-refractivity contribution in [2.45, 2.75) is 18.8 Å². The van der Waals surface area contributed by atoms with Gasteiger partial charge >= 0.3 is 0 Å². The largest absolute Gasteiger partial charge is 0.309 e. The van der Waals surface area contributed by atoms with Gasteiger partial charge in [0.2, 0.25) is 0 Å². The van der Waals surface area contributed by atoms with Gasteiger partial charge in [-0.05, 0) is 68.2 Å². The lowest BCUT2D eigenvalue weighted by Crippen LogP contribution is -2.17. The van der Waals surface area contributed by atoms with Crippen LogP contribution in [0.4, 0.5) is 0 Å². The highest BCUT2D eigenvalue weighted by molar-refractivity contribution is 6.67. The molecule has 116 valence electrons. The maximum absolute atomic E-state index is 11.6. The van der Waals surface area contributed by atoms with Gasteiger partial charge in [0.05, 0.1) is 0 Å². The molecule has 0 amide bonds. The molecule has 2 nitrogen and oxygen atoms in total. The predicted molar refractivity (Wildman–Crippen MR) is 92.7 cm³/mol. The van der Waals surface area contributed by atoms with Crippen molar-refractivity contribution in [1.29, 1.82) is 0 Å². The first-order valence-electron chi connectivity index (χ1n) is 7.55. The van der Waals surface area contributed by atoms with E-state index in [1.165, 1.54) is 5.56 Å². The van der Waals surface area contributed by atoms with Crippen LogP contribution >= 0.6 is 11.6 Å². The Hall–Kier alpha value is -1.64. The zero-order chi connectivity index (χ0) is 15.9. The van der Waals surface area contributed by atoms with Gasteiger partial charge in [-0.3, -0.25) is 4.79 Å². The van der Waals surface area contributed by atoms with Crippen LogP contribution in [0.5, 0.6) is 0 Å². The average molecular weight is 316 g/mol. The molecule has 0 spiro atoms. The number of nitrogens with zero attached hydrogens (tertiary/aromatic N) is 1. The number of hydrogen-bond donors (Lipinski definition) is 0. The Bertz CT molecular complexity index is 610. The first kappa shape index (κ1) is 16.7. The minimum absolute atomic E-state index is 0.376. The lowest BCUT2D eigenvalue weighted by Gasteiger charge is -2.21. The molecule has 3 heteroatoms. The molecule has 0 saturated heterocycles. The minimum Gasteiger partial charge on any atom is -0.309 e. The van der Waals surface area contributed by atoms with E-state index in [1.54, 1.807) is 6.07 Å². The molecule has 2 aromatic rings. The second-order valence-corrected chi connectivity index (χ2v) is 6.18. The number of hydrogen-bond acceptors (Lipinski definition) is 2. The SMILES string of the molecule is CN(C)CCC(Cc1ccccc1C(=O)Cl)c1ccccc1. The van der Waals surface area contributed by atoms with Crippen LogP contribution in [0.25, 0.3) is 0 Å². The Balaban J connectivity index is 2.25. The standard InChI is InChI=1S/C19H22ClNO/c1-21(2)13-12-16(15-8-4-3-5-9-15)14-17-10-6-7-11-18(17)19(20)22/h3-11,16H,12-14H2,1-2H3. The van der Waals surface area contributed by atoms with Gasteiger partial charge < -0.3 is 4.90 Å². The lowest BCUT2D eigenvalue weighted by molar-refractivity contribution is 0.108. The van der Waals surface area contributed by atoms with Gasteiger partial charge in [-0.1, -0.05) is 48.5 Å². The van der Waals surface area contributed by atoms with Crippen molar-refractivity contribution in [3.05, 3.63) is 71.3 Å². The van der Waals surface area contributed by atoms with Gasteiger partial charge in [-0.2, -0.15) is 0 Å². The Morgan fingerprint density at radius 1 is 1.05 bits per heavy atom. The highest BCUT2D eigenvalue weighted by atomic mass is 35.5. The molecule has 0 bridgehead atoms. The number of benzene rings is 2. The predicted octanol–water partition coefficient (Wildman–Crippen LogP) is 4.34. The number of rotatable bonds is 7. The number of halogens is 1. The third-order valence-corrected chi connectivity index (χ3v) is 4.09. The molecule has 1 atom stereocenters. The quantitative estimate of drug-likeness (QED) is 0.708. The van der Waals surface area contributed by atoms with E-state index in [0.29, 0.717) is 11.5 Å². The molecule has 0 aliphatic carbocycles. The van der Waals surface area contributed by atoms with E-state index < -0.39 is 0 Å². The van der Waals surface area contributed by atoms with Crippen LogP contribution in [-0.2, 0) is 6.42 Å². The van der Waals surface area contributed by atoms with E-state index in [1.807, 2.05) is 24.3 Å². The molecule has 0 aliphatic rings. The van der Waals surface area contributed by atoms with E-state index in [4.69, 9.17) is 11.6 Å². The zero-order valence-corrected chi connectivity index (χ0v) is 13.9. The highest BCUT2D eigenvalue weighted by Gasteiger charge is 2.16. The van der Waals surface area contributed by atoms with E-state index in [-0.39, 0.29) is 5.24 Å². The summed E-state index contributed by atoms with van der Waals surface area (Å²) >= 11 is 5.72. The van der Waals surface area contributed by atoms with Gasteiger partial charge in [-0.15, -0.1) is 0 Å². The van der Waals surface area contributed by atoms with Gasteiger partial charge in [0.15, 0.2) is 0 Å². The molecule has 0 aromatic heterocycles. The summed E-state index contributed by atoms with van der Waals surface area (Å²) in [6, 6.07) is 18.1. The molecule has 0 N–H and O–H groups in total. The summed E-state index contributed by atoms with van der Waals surface area (Å²) in [6.07, 6.45) is 1.87. The van der Waals surface area contributed by atoms with Gasteiger partial charge in [0.25, 0.3) is 5.24 Å². The molecule has 0 fully saturated rings. The van der Waals surface area contributed by atoms with Crippen LogP contribution < -0.4 is 0 Å². The van der Waals surface area contributed by atoms with Gasteiger partial charge in [0, 0.05) is 5.56 Å². The molecular weight excluding hydrogens is 294 g/mol. The van der Waals surface area contributed by atoms with E-state index in [9.17, 15) is 4.79 Å². The van der Waals surface area contributed by atoms with Crippen molar-refractivity contribution in [2.24, 2.45) is 0 Å². The van der Waals surface area contributed by atoms with Crippen molar-refractivity contribution in [3.8, 4) is 0 Å². The number of carbonyl (C=O) groups excluding carboxylic acids is 1. The molecule has 0 saturated carbocycles. The van der Waals surface area contributed by atoms with Crippen molar-refractivity contribution in [1.82, 2.24) is 4.90 Å². The number of carbonyl (C=O) groups is 1. The monoisotopic (exact) mass is 315 g/mol. The summed E-state index contributed by atoms with van der Waals surface area (Å²) < 4.78 is 0. The average Bonchev–Trinajstić information content (AvgIpc) is 2.52. The maximum Gasteiger partial charge on any atom is 0.252 e. The first-order chi connectivity index (χ1) is 10.6. The Labute approximate surface area is 137 Å². The summed E-state index contributed by atoms with van der Waals surface area (Å²) in [7, 11) is 4.16. The smallest absolute Gasteiger partial charge is 0.252 e. The molecule has 22 heavy (non-hydrogen) atoms. The summed E-state index contributed by atoms with van der Waals surface area (Å²) in [5, 5.41) is -0.380. The summed E-state index contributed by atoms with van der Waals surface area (Å²) in [6.45, 7) is 1.01. The van der Waals surface area contributed by atoms with Crippen LogP contribution in [0.15, 0.2) is 54.6 Å². The topological polar surface area (TPSA) is 20.3 Å². The lowest BCUT2D eigenvalue weighted by atomic mass is 9.87. The normalized spacial score (nSPS) is 12.4. The molecule has 0 aliphatic heterocycles. The van der Waals surface area contributed by atoms with Crippen molar-refractivity contribution in [3.63, 3.8) is 0 Å². The van der Waals surface area contributed by atoms with Crippen LogP contribution in [0.2, 0.25) is 0 Å². The molecule has 2 rings (SSSR count). The highest BCUT2D eigenvalue weighted by Crippen LogP contribution is 2.26. The fourth-order valence-electron chi connectivity index (χ4n) is 2.68. The van der Waals surface area contributed by atoms with E-state index in [2.05, 4.69) is 43.3 Å². The third kappa shape index (κ3) is 4.69. The second kappa shape index (κ2) is 8.11. The van der Waals surface area contributed by atoms with Crippen LogP contribution in [0.3, 0.4) is 0 Å². The zero-order valence-electron chi connectivity index (χ0n) is 13.1. The van der Waals surface area contributed by atoms with E-state index >= 15 is 0 Å². The first-order valence-corrected chi connectivity index (χ1v) is 7.93. The summed E-state index contributed by atoms with van der Waals surface area (Å²) in [5.74, 6) is 0.376. The van der Waals surface area contributed by atoms with Crippen molar-refractivity contribution < 1.29 is 4.79 Å².